The van der Waals surface area contributed by atoms with Crippen LogP contribution >= 0.6 is 11.6 Å². The van der Waals surface area contributed by atoms with E-state index in [2.05, 4.69) is 41.7 Å². The van der Waals surface area contributed by atoms with Crippen LogP contribution < -0.4 is 5.32 Å². The Labute approximate surface area is 126 Å². The van der Waals surface area contributed by atoms with E-state index in [0.29, 0.717) is 0 Å². The van der Waals surface area contributed by atoms with Crippen LogP contribution in [0.15, 0.2) is 42.5 Å². The Morgan fingerprint density at radius 1 is 1.10 bits per heavy atom. The lowest BCUT2D eigenvalue weighted by atomic mass is 9.80. The van der Waals surface area contributed by atoms with E-state index in [1.807, 2.05) is 13.1 Å². The Morgan fingerprint density at radius 2 is 1.85 bits per heavy atom. The quantitative estimate of drug-likeness (QED) is 0.834. The maximum Gasteiger partial charge on any atom is 0.0412 e. The number of hydrogen-bond acceptors (Lipinski definition) is 1. The van der Waals surface area contributed by atoms with Gasteiger partial charge in [-0.15, -0.1) is 0 Å². The third kappa shape index (κ3) is 2.74. The van der Waals surface area contributed by atoms with Crippen LogP contribution in [0.1, 0.15) is 36.3 Å². The van der Waals surface area contributed by atoms with E-state index in [0.717, 1.165) is 17.5 Å². The first-order chi connectivity index (χ1) is 9.78. The molecule has 0 atom stereocenters. The first-order valence-electron chi connectivity index (χ1n) is 7.31. The molecule has 0 aromatic heterocycles. The van der Waals surface area contributed by atoms with Gasteiger partial charge in [0, 0.05) is 11.6 Å². The molecule has 1 aliphatic rings. The average Bonchev–Trinajstić information content (AvgIpc) is 2.40. The van der Waals surface area contributed by atoms with Crippen molar-refractivity contribution in [3.05, 3.63) is 58.6 Å². The molecule has 3 rings (SSSR count). The Balaban J connectivity index is 1.93. The van der Waals surface area contributed by atoms with E-state index in [4.69, 9.17) is 11.6 Å². The predicted octanol–water partition coefficient (Wildman–Crippen LogP) is 4.99. The van der Waals surface area contributed by atoms with Crippen molar-refractivity contribution in [2.45, 2.75) is 31.7 Å². The van der Waals surface area contributed by atoms with Crippen LogP contribution in [-0.2, 0) is 6.54 Å². The summed E-state index contributed by atoms with van der Waals surface area (Å²) in [6.07, 6.45) is 4.08. The van der Waals surface area contributed by atoms with Crippen LogP contribution in [0.5, 0.6) is 0 Å². The molecule has 1 fully saturated rings. The van der Waals surface area contributed by atoms with Gasteiger partial charge in [-0.25, -0.2) is 0 Å². The van der Waals surface area contributed by atoms with Crippen molar-refractivity contribution in [1.29, 1.82) is 0 Å². The van der Waals surface area contributed by atoms with E-state index < -0.39 is 0 Å². The zero-order valence-electron chi connectivity index (χ0n) is 11.8. The van der Waals surface area contributed by atoms with Gasteiger partial charge in [0.1, 0.15) is 0 Å². The number of benzene rings is 2. The molecule has 2 aromatic rings. The van der Waals surface area contributed by atoms with E-state index in [1.54, 1.807) is 0 Å². The lowest BCUT2D eigenvalue weighted by Gasteiger charge is -2.26. The minimum Gasteiger partial charge on any atom is -0.316 e. The summed E-state index contributed by atoms with van der Waals surface area (Å²) in [5, 5.41) is 4.01. The molecule has 0 bridgehead atoms. The molecule has 20 heavy (non-hydrogen) atoms. The minimum atomic E-state index is 0.792. The molecule has 1 aliphatic carbocycles. The highest BCUT2D eigenvalue weighted by molar-refractivity contribution is 6.30. The normalized spacial score (nSPS) is 15.1. The van der Waals surface area contributed by atoms with Crippen LogP contribution in [-0.4, -0.2) is 7.05 Å². The summed E-state index contributed by atoms with van der Waals surface area (Å²) in [6.45, 7) is 0.858. The van der Waals surface area contributed by atoms with Gasteiger partial charge < -0.3 is 5.32 Å². The first kappa shape index (κ1) is 13.7. The van der Waals surface area contributed by atoms with Gasteiger partial charge in [-0.05, 0) is 60.2 Å². The Kier molecular flexibility index (Phi) is 4.09. The highest BCUT2D eigenvalue weighted by Crippen LogP contribution is 2.37. The molecule has 0 heterocycles. The van der Waals surface area contributed by atoms with Crippen LogP contribution in [0.25, 0.3) is 11.1 Å². The standard InChI is InChI=1S/C18H20ClN/c1-20-12-16-9-10-17(19)11-18(16)15-7-5-14(6-8-15)13-3-2-4-13/h5-11,13,20H,2-4,12H2,1H3. The Morgan fingerprint density at radius 3 is 2.45 bits per heavy atom. The molecule has 0 saturated heterocycles. The molecule has 0 amide bonds. The van der Waals surface area contributed by atoms with E-state index >= 15 is 0 Å². The molecule has 1 N–H and O–H groups in total. The molecular weight excluding hydrogens is 266 g/mol. The molecule has 0 unspecified atom stereocenters. The summed E-state index contributed by atoms with van der Waals surface area (Å²) < 4.78 is 0. The fourth-order valence-corrected chi connectivity index (χ4v) is 3.01. The zero-order chi connectivity index (χ0) is 13.9. The van der Waals surface area contributed by atoms with Crippen LogP contribution in [0.2, 0.25) is 5.02 Å². The average molecular weight is 286 g/mol. The van der Waals surface area contributed by atoms with E-state index in [9.17, 15) is 0 Å². The van der Waals surface area contributed by atoms with Gasteiger partial charge in [0.25, 0.3) is 0 Å². The summed E-state index contributed by atoms with van der Waals surface area (Å²) in [4.78, 5) is 0. The van der Waals surface area contributed by atoms with Crippen LogP contribution in [0.4, 0.5) is 0 Å². The number of rotatable bonds is 4. The maximum absolute atomic E-state index is 6.16. The lowest BCUT2D eigenvalue weighted by Crippen LogP contribution is -2.08. The van der Waals surface area contributed by atoms with Gasteiger partial charge in [0.05, 0.1) is 0 Å². The molecule has 104 valence electrons. The van der Waals surface area contributed by atoms with Gasteiger partial charge in [-0.2, -0.15) is 0 Å². The number of halogens is 1. The molecule has 0 aliphatic heterocycles. The largest absolute Gasteiger partial charge is 0.316 e. The highest BCUT2D eigenvalue weighted by Gasteiger charge is 2.19. The summed E-state index contributed by atoms with van der Waals surface area (Å²) in [7, 11) is 1.97. The molecule has 1 saturated carbocycles. The summed E-state index contributed by atoms with van der Waals surface area (Å²) >= 11 is 6.16. The van der Waals surface area contributed by atoms with Gasteiger partial charge in [-0.3, -0.25) is 0 Å². The first-order valence-corrected chi connectivity index (χ1v) is 7.69. The summed E-state index contributed by atoms with van der Waals surface area (Å²) in [5.41, 5.74) is 5.25. The minimum absolute atomic E-state index is 0.792. The summed E-state index contributed by atoms with van der Waals surface area (Å²) in [6, 6.07) is 15.2. The van der Waals surface area contributed by atoms with Gasteiger partial charge in [-0.1, -0.05) is 48.4 Å². The Bertz CT molecular complexity index is 585. The fourth-order valence-electron chi connectivity index (χ4n) is 2.84. The van der Waals surface area contributed by atoms with Crippen LogP contribution in [0.3, 0.4) is 0 Å². The third-order valence-corrected chi connectivity index (χ3v) is 4.47. The van der Waals surface area contributed by atoms with Crippen molar-refractivity contribution in [1.82, 2.24) is 5.32 Å². The molecule has 0 radical (unpaired) electrons. The molecule has 0 spiro atoms. The molecular formula is C18H20ClN. The summed E-state index contributed by atoms with van der Waals surface area (Å²) in [5.74, 6) is 0.792. The van der Waals surface area contributed by atoms with Crippen molar-refractivity contribution in [3.63, 3.8) is 0 Å². The second-order valence-electron chi connectivity index (χ2n) is 5.58. The number of hydrogen-bond donors (Lipinski definition) is 1. The van der Waals surface area contributed by atoms with E-state index in [1.165, 1.54) is 41.5 Å². The molecule has 2 heteroatoms. The monoisotopic (exact) mass is 285 g/mol. The van der Waals surface area contributed by atoms with Gasteiger partial charge in [0.2, 0.25) is 0 Å². The lowest BCUT2D eigenvalue weighted by molar-refractivity contribution is 0.420. The topological polar surface area (TPSA) is 12.0 Å². The van der Waals surface area contributed by atoms with Gasteiger partial charge >= 0.3 is 0 Å². The van der Waals surface area contributed by atoms with Gasteiger partial charge in [0.15, 0.2) is 0 Å². The van der Waals surface area contributed by atoms with Crippen molar-refractivity contribution >= 4 is 11.6 Å². The smallest absolute Gasteiger partial charge is 0.0412 e. The SMILES string of the molecule is CNCc1ccc(Cl)cc1-c1ccc(C2CCC2)cc1. The fraction of sp³-hybridized carbons (Fsp3) is 0.333. The third-order valence-electron chi connectivity index (χ3n) is 4.24. The Hall–Kier alpha value is -1.31. The second-order valence-corrected chi connectivity index (χ2v) is 6.02. The molecule has 2 aromatic carbocycles. The van der Waals surface area contributed by atoms with E-state index in [-0.39, 0.29) is 0 Å². The second kappa shape index (κ2) is 5.99. The van der Waals surface area contributed by atoms with Crippen molar-refractivity contribution < 1.29 is 0 Å². The van der Waals surface area contributed by atoms with Crippen molar-refractivity contribution in [2.75, 3.05) is 7.05 Å². The van der Waals surface area contributed by atoms with Crippen molar-refractivity contribution in [2.24, 2.45) is 0 Å². The zero-order valence-corrected chi connectivity index (χ0v) is 12.6. The molecule has 1 nitrogen and oxygen atoms in total. The van der Waals surface area contributed by atoms with Crippen LogP contribution in [0, 0.1) is 0 Å². The number of nitrogens with one attached hydrogen (secondary N) is 1. The maximum atomic E-state index is 6.16. The van der Waals surface area contributed by atoms with Crippen molar-refractivity contribution in [3.8, 4) is 11.1 Å². The highest BCUT2D eigenvalue weighted by atomic mass is 35.5. The predicted molar refractivity (Wildman–Crippen MR) is 86.2 cm³/mol.